The van der Waals surface area contributed by atoms with Crippen molar-refractivity contribution in [3.63, 3.8) is 0 Å². The van der Waals surface area contributed by atoms with Gasteiger partial charge in [-0.2, -0.15) is 10.1 Å². The highest BCUT2D eigenvalue weighted by molar-refractivity contribution is 7.80. The summed E-state index contributed by atoms with van der Waals surface area (Å²) >= 11 is 5.31. The van der Waals surface area contributed by atoms with Crippen LogP contribution in [0.2, 0.25) is 0 Å². The van der Waals surface area contributed by atoms with Crippen molar-refractivity contribution in [1.29, 1.82) is 0 Å². The molecule has 32 heavy (non-hydrogen) atoms. The summed E-state index contributed by atoms with van der Waals surface area (Å²) in [6, 6.07) is 16.1. The Balaban J connectivity index is 1.75. The molecule has 0 aliphatic carbocycles. The van der Waals surface area contributed by atoms with Gasteiger partial charge in [0.05, 0.1) is 20.8 Å². The molecule has 0 saturated carbocycles. The van der Waals surface area contributed by atoms with E-state index in [0.29, 0.717) is 11.5 Å². The number of thiocarbonyl (C=S) groups is 1. The third kappa shape index (κ3) is 4.20. The number of amides is 1. The van der Waals surface area contributed by atoms with Crippen molar-refractivity contribution >= 4 is 28.9 Å². The second-order valence-electron chi connectivity index (χ2n) is 8.54. The lowest BCUT2D eigenvalue weighted by atomic mass is 9.70. The smallest absolute Gasteiger partial charge is 0.268 e. The van der Waals surface area contributed by atoms with Gasteiger partial charge in [-0.05, 0) is 47.6 Å². The second kappa shape index (κ2) is 8.88. The third-order valence-electron chi connectivity index (χ3n) is 6.24. The van der Waals surface area contributed by atoms with Crippen molar-refractivity contribution in [3.8, 4) is 11.5 Å². The topological polar surface area (TPSA) is 75.2 Å². The van der Waals surface area contributed by atoms with Crippen molar-refractivity contribution in [1.82, 2.24) is 15.6 Å². The Morgan fingerprint density at radius 2 is 1.56 bits per heavy atom. The zero-order valence-corrected chi connectivity index (χ0v) is 19.5. The summed E-state index contributed by atoms with van der Waals surface area (Å²) in [6.45, 7) is 4.47. The maximum Gasteiger partial charge on any atom is 0.268 e. The Morgan fingerprint density at radius 3 is 2.06 bits per heavy atom. The minimum absolute atomic E-state index is 0.0130. The molecule has 2 aliphatic heterocycles. The van der Waals surface area contributed by atoms with Gasteiger partial charge in [0.15, 0.2) is 5.11 Å². The van der Waals surface area contributed by atoms with Gasteiger partial charge in [0, 0.05) is 29.6 Å². The molecular formula is C24H28N4O3S. The van der Waals surface area contributed by atoms with E-state index in [0.717, 1.165) is 28.3 Å². The Bertz CT molecular complexity index is 1020. The van der Waals surface area contributed by atoms with E-state index in [1.54, 1.807) is 14.2 Å². The molecule has 2 aliphatic rings. The van der Waals surface area contributed by atoms with Crippen LogP contribution >= 0.6 is 12.2 Å². The van der Waals surface area contributed by atoms with Crippen molar-refractivity contribution in [2.75, 3.05) is 20.8 Å². The monoisotopic (exact) mass is 452 g/mol. The highest BCUT2D eigenvalue weighted by Crippen LogP contribution is 2.44. The van der Waals surface area contributed by atoms with Gasteiger partial charge in [0.2, 0.25) is 0 Å². The fourth-order valence-corrected chi connectivity index (χ4v) is 4.47. The molecule has 7 nitrogen and oxygen atoms in total. The molecule has 2 unspecified atom stereocenters. The van der Waals surface area contributed by atoms with Gasteiger partial charge < -0.3 is 20.1 Å². The summed E-state index contributed by atoms with van der Waals surface area (Å²) in [6.07, 6.45) is 0.651. The standard InChI is InChI=1S/C24H28N4O3S/c1-24(2)20(27-28-21(29)14-25-23(28)32)13-19(15-5-9-17(30-3)10-6-15)26-22(24)16-7-11-18(31-4)12-8-16/h5-12,19,22,26H,13-14H2,1-4H3,(H,25,32)/b27-20+. The van der Waals surface area contributed by atoms with Crippen LogP contribution in [0.15, 0.2) is 53.6 Å². The first-order valence-corrected chi connectivity index (χ1v) is 11.0. The van der Waals surface area contributed by atoms with Crippen LogP contribution in [0.25, 0.3) is 0 Å². The van der Waals surface area contributed by atoms with Crippen LogP contribution in [0.4, 0.5) is 0 Å². The van der Waals surface area contributed by atoms with Crippen molar-refractivity contribution in [2.24, 2.45) is 10.5 Å². The maximum absolute atomic E-state index is 12.3. The Kier molecular flexibility index (Phi) is 6.17. The zero-order chi connectivity index (χ0) is 22.9. The van der Waals surface area contributed by atoms with Gasteiger partial charge in [-0.1, -0.05) is 38.1 Å². The Hall–Kier alpha value is -2.97. The highest BCUT2D eigenvalue weighted by atomic mass is 32.1. The quantitative estimate of drug-likeness (QED) is 0.676. The van der Waals surface area contributed by atoms with E-state index in [4.69, 9.17) is 26.8 Å². The molecule has 168 valence electrons. The number of nitrogens with one attached hydrogen (secondary N) is 2. The molecule has 2 atom stereocenters. The van der Waals surface area contributed by atoms with Crippen LogP contribution in [0.1, 0.15) is 43.5 Å². The molecule has 1 amide bonds. The number of piperidine rings is 1. The van der Waals surface area contributed by atoms with Crippen LogP contribution in [-0.4, -0.2) is 42.5 Å². The fraction of sp³-hybridized carbons (Fsp3) is 0.375. The van der Waals surface area contributed by atoms with E-state index in [1.807, 2.05) is 24.3 Å². The van der Waals surface area contributed by atoms with Gasteiger partial charge in [-0.3, -0.25) is 4.79 Å². The van der Waals surface area contributed by atoms with Gasteiger partial charge in [0.25, 0.3) is 5.91 Å². The molecule has 4 rings (SSSR count). The largest absolute Gasteiger partial charge is 0.497 e. The average Bonchev–Trinajstić information content (AvgIpc) is 3.12. The summed E-state index contributed by atoms with van der Waals surface area (Å²) in [5.74, 6) is 1.48. The number of carbonyl (C=O) groups excluding carboxylic acids is 1. The summed E-state index contributed by atoms with van der Waals surface area (Å²) in [5.41, 5.74) is 2.80. The average molecular weight is 453 g/mol. The van der Waals surface area contributed by atoms with E-state index in [9.17, 15) is 4.79 Å². The molecule has 2 N–H and O–H groups in total. The lowest BCUT2D eigenvalue weighted by molar-refractivity contribution is -0.124. The van der Waals surface area contributed by atoms with E-state index in [1.165, 1.54) is 5.01 Å². The highest BCUT2D eigenvalue weighted by Gasteiger charge is 2.43. The van der Waals surface area contributed by atoms with Crippen molar-refractivity contribution in [2.45, 2.75) is 32.4 Å². The molecule has 2 saturated heterocycles. The number of hydrogen-bond acceptors (Lipinski definition) is 6. The fourth-order valence-electron chi connectivity index (χ4n) is 4.26. The first-order chi connectivity index (χ1) is 15.3. The molecule has 0 spiro atoms. The normalized spacial score (nSPS) is 23.9. The second-order valence-corrected chi connectivity index (χ2v) is 8.92. The Labute approximate surface area is 193 Å². The number of hydrogen-bond donors (Lipinski definition) is 2. The van der Waals surface area contributed by atoms with Crippen LogP contribution in [-0.2, 0) is 4.79 Å². The van der Waals surface area contributed by atoms with E-state index in [2.05, 4.69) is 48.7 Å². The first kappa shape index (κ1) is 22.2. The van der Waals surface area contributed by atoms with Crippen LogP contribution in [0.3, 0.4) is 0 Å². The van der Waals surface area contributed by atoms with Crippen molar-refractivity contribution < 1.29 is 14.3 Å². The number of benzene rings is 2. The van der Waals surface area contributed by atoms with Crippen LogP contribution in [0, 0.1) is 5.41 Å². The Morgan fingerprint density at radius 1 is 1.00 bits per heavy atom. The van der Waals surface area contributed by atoms with Gasteiger partial charge in [0.1, 0.15) is 11.5 Å². The van der Waals surface area contributed by atoms with Crippen LogP contribution in [0.5, 0.6) is 11.5 Å². The minimum Gasteiger partial charge on any atom is -0.497 e. The zero-order valence-electron chi connectivity index (χ0n) is 18.7. The van der Waals surface area contributed by atoms with Gasteiger partial charge in [-0.25, -0.2) is 0 Å². The molecule has 2 aromatic rings. The number of methoxy groups -OCH3 is 2. The number of nitrogens with zero attached hydrogens (tertiary/aromatic N) is 2. The maximum atomic E-state index is 12.3. The van der Waals surface area contributed by atoms with Crippen molar-refractivity contribution in [3.05, 3.63) is 59.7 Å². The summed E-state index contributed by atoms with van der Waals surface area (Å²) < 4.78 is 10.6. The first-order valence-electron chi connectivity index (χ1n) is 10.6. The molecule has 2 fully saturated rings. The SMILES string of the molecule is COc1ccc(C2C/C(=N\N3C(=O)CNC3=S)C(C)(C)C(c3ccc(OC)cc3)N2)cc1. The van der Waals surface area contributed by atoms with E-state index < -0.39 is 0 Å². The summed E-state index contributed by atoms with van der Waals surface area (Å²) in [5, 5.41) is 13.2. The minimum atomic E-state index is -0.365. The molecule has 0 radical (unpaired) electrons. The predicted octanol–water partition coefficient (Wildman–Crippen LogP) is 3.58. The molecule has 2 heterocycles. The summed E-state index contributed by atoms with van der Waals surface area (Å²) in [7, 11) is 3.32. The summed E-state index contributed by atoms with van der Waals surface area (Å²) in [4.78, 5) is 12.3. The van der Waals surface area contributed by atoms with Gasteiger partial charge >= 0.3 is 0 Å². The third-order valence-corrected chi connectivity index (χ3v) is 6.56. The van der Waals surface area contributed by atoms with Crippen LogP contribution < -0.4 is 20.1 Å². The molecular weight excluding hydrogens is 424 g/mol. The molecule has 8 heteroatoms. The number of ether oxygens (including phenoxy) is 2. The predicted molar refractivity (Wildman–Crippen MR) is 128 cm³/mol. The molecule has 2 aromatic carbocycles. The number of carbonyl (C=O) groups is 1. The lowest BCUT2D eigenvalue weighted by Gasteiger charge is -2.45. The molecule has 0 bridgehead atoms. The van der Waals surface area contributed by atoms with E-state index >= 15 is 0 Å². The lowest BCUT2D eigenvalue weighted by Crippen LogP contribution is -2.48. The van der Waals surface area contributed by atoms with E-state index in [-0.39, 0.29) is 30.0 Å². The number of rotatable bonds is 5. The van der Waals surface area contributed by atoms with Gasteiger partial charge in [-0.15, -0.1) is 0 Å². The number of hydrazone groups is 1. The molecule has 0 aromatic heterocycles.